The monoisotopic (exact) mass is 509 g/mol. The molecule has 0 heterocycles. The van der Waals surface area contributed by atoms with Gasteiger partial charge in [-0.3, -0.25) is 5.32 Å². The van der Waals surface area contributed by atoms with Gasteiger partial charge in [-0.1, -0.05) is 126 Å². The topological polar surface area (TPSA) is 39.7 Å². The van der Waals surface area contributed by atoms with Crippen molar-refractivity contribution in [2.75, 3.05) is 13.2 Å². The number of unbranched alkanes of at least 4 members (excludes halogenated alkanes) is 8. The van der Waals surface area contributed by atoms with Gasteiger partial charge in [0, 0.05) is 19.4 Å². The normalized spacial score (nSPS) is 21.5. The molecule has 206 valence electrons. The third-order valence-electron chi connectivity index (χ3n) is 7.46. The summed E-state index contributed by atoms with van der Waals surface area (Å²) in [5.41, 5.74) is 1.91. The lowest BCUT2D eigenvalue weighted by Gasteiger charge is -2.36. The van der Waals surface area contributed by atoms with E-state index >= 15 is 0 Å². The van der Waals surface area contributed by atoms with Crippen LogP contribution < -0.4 is 5.32 Å². The molecule has 2 aromatic rings. The molecule has 1 N–H and O–H groups in total. The zero-order valence-electron chi connectivity index (χ0n) is 23.5. The zero-order valence-corrected chi connectivity index (χ0v) is 23.5. The summed E-state index contributed by atoms with van der Waals surface area (Å²) in [6, 6.07) is 20.9. The average molecular weight is 510 g/mol. The van der Waals surface area contributed by atoms with Crippen LogP contribution in [-0.4, -0.2) is 31.1 Å². The van der Waals surface area contributed by atoms with E-state index in [2.05, 4.69) is 79.8 Å². The average Bonchev–Trinajstić information content (AvgIpc) is 3.28. The van der Waals surface area contributed by atoms with E-state index in [-0.39, 0.29) is 12.2 Å². The molecule has 2 aromatic carbocycles. The summed E-state index contributed by atoms with van der Waals surface area (Å²) in [6.07, 6.45) is 14.2. The van der Waals surface area contributed by atoms with Crippen LogP contribution >= 0.6 is 0 Å². The predicted molar refractivity (Wildman–Crippen MR) is 153 cm³/mol. The third-order valence-corrected chi connectivity index (χ3v) is 7.46. The fourth-order valence-electron chi connectivity index (χ4n) is 5.25. The summed E-state index contributed by atoms with van der Waals surface area (Å²) in [7, 11) is 0. The Kier molecular flexibility index (Phi) is 14.3. The van der Waals surface area contributed by atoms with Gasteiger partial charge in [0.25, 0.3) is 0 Å². The maximum absolute atomic E-state index is 6.77. The Bertz CT molecular complexity index is 797. The maximum Gasteiger partial charge on any atom is 0.148 e. The number of benzene rings is 2. The minimum Gasteiger partial charge on any atom is -0.373 e. The van der Waals surface area contributed by atoms with E-state index in [0.717, 1.165) is 32.4 Å². The van der Waals surface area contributed by atoms with Crippen molar-refractivity contribution in [1.29, 1.82) is 0 Å². The van der Waals surface area contributed by atoms with Crippen molar-refractivity contribution >= 4 is 0 Å². The molecule has 0 aliphatic heterocycles. The third kappa shape index (κ3) is 10.9. The quantitative estimate of drug-likeness (QED) is 0.144. The summed E-state index contributed by atoms with van der Waals surface area (Å²) in [5, 5.41) is 3.86. The molecular formula is C33H51NO3. The highest BCUT2D eigenvalue weighted by molar-refractivity contribution is 5.14. The Balaban J connectivity index is 1.66. The molecule has 3 rings (SSSR count). The lowest BCUT2D eigenvalue weighted by molar-refractivity contribution is -0.154. The fraction of sp³-hybridized carbons (Fsp3) is 0.636. The standard InChI is InChI=1S/C33H51NO3/c1-3-5-7-9-17-23-34-33(37-24-18-10-8-6-4-2)26-31(35-27-29-19-13-11-14-20-29)25-32(33)36-28-30-21-15-12-16-22-30/h11-16,19-22,31-32,34H,3-10,17-18,23-28H2,1-2H3/t31-,32+,33-/m1/s1. The number of hydrogen-bond donors (Lipinski definition) is 1. The number of nitrogens with one attached hydrogen (secondary N) is 1. The van der Waals surface area contributed by atoms with Crippen LogP contribution in [0.4, 0.5) is 0 Å². The van der Waals surface area contributed by atoms with Crippen molar-refractivity contribution in [3.63, 3.8) is 0 Å². The molecule has 4 nitrogen and oxygen atoms in total. The lowest BCUT2D eigenvalue weighted by atomic mass is 10.1. The van der Waals surface area contributed by atoms with Gasteiger partial charge in [0.05, 0.1) is 19.3 Å². The first-order valence-corrected chi connectivity index (χ1v) is 15.0. The molecule has 3 atom stereocenters. The van der Waals surface area contributed by atoms with Crippen molar-refractivity contribution in [3.05, 3.63) is 71.8 Å². The highest BCUT2D eigenvalue weighted by atomic mass is 16.6. The van der Waals surface area contributed by atoms with E-state index in [0.29, 0.717) is 13.2 Å². The molecule has 0 bridgehead atoms. The largest absolute Gasteiger partial charge is 0.373 e. The molecule has 0 aromatic heterocycles. The highest BCUT2D eigenvalue weighted by Gasteiger charge is 2.49. The fourth-order valence-corrected chi connectivity index (χ4v) is 5.25. The first-order valence-electron chi connectivity index (χ1n) is 15.0. The molecule has 1 aliphatic carbocycles. The van der Waals surface area contributed by atoms with E-state index in [1.807, 2.05) is 0 Å². The zero-order chi connectivity index (χ0) is 26.0. The van der Waals surface area contributed by atoms with Crippen molar-refractivity contribution in [2.45, 2.75) is 122 Å². The Labute approximate surface area is 226 Å². The van der Waals surface area contributed by atoms with Crippen molar-refractivity contribution < 1.29 is 14.2 Å². The van der Waals surface area contributed by atoms with E-state index in [4.69, 9.17) is 14.2 Å². The molecule has 0 saturated heterocycles. The van der Waals surface area contributed by atoms with Crippen LogP contribution in [-0.2, 0) is 27.4 Å². The Morgan fingerprint density at radius 3 is 1.89 bits per heavy atom. The molecule has 0 amide bonds. The van der Waals surface area contributed by atoms with Gasteiger partial charge in [0.1, 0.15) is 11.8 Å². The van der Waals surface area contributed by atoms with Gasteiger partial charge >= 0.3 is 0 Å². The smallest absolute Gasteiger partial charge is 0.148 e. The van der Waals surface area contributed by atoms with E-state index in [1.54, 1.807) is 0 Å². The second-order valence-electron chi connectivity index (χ2n) is 10.6. The first-order chi connectivity index (χ1) is 18.3. The van der Waals surface area contributed by atoms with Gasteiger partial charge in [0.15, 0.2) is 0 Å². The molecule has 1 fully saturated rings. The van der Waals surface area contributed by atoms with Crippen LogP contribution in [0, 0.1) is 0 Å². The van der Waals surface area contributed by atoms with Crippen molar-refractivity contribution in [2.24, 2.45) is 0 Å². The number of ether oxygens (including phenoxy) is 3. The molecular weight excluding hydrogens is 458 g/mol. The van der Waals surface area contributed by atoms with Gasteiger partial charge in [-0.05, 0) is 30.5 Å². The molecule has 37 heavy (non-hydrogen) atoms. The van der Waals surface area contributed by atoms with E-state index < -0.39 is 5.72 Å². The molecule has 1 saturated carbocycles. The van der Waals surface area contributed by atoms with Gasteiger partial charge in [-0.2, -0.15) is 0 Å². The highest BCUT2D eigenvalue weighted by Crippen LogP contribution is 2.37. The van der Waals surface area contributed by atoms with Crippen LogP contribution in [0.3, 0.4) is 0 Å². The minimum absolute atomic E-state index is 0.0419. The summed E-state index contributed by atoms with van der Waals surface area (Å²) < 4.78 is 19.8. The summed E-state index contributed by atoms with van der Waals surface area (Å²) >= 11 is 0. The first kappa shape index (κ1) is 29.8. The second-order valence-corrected chi connectivity index (χ2v) is 10.6. The van der Waals surface area contributed by atoms with Crippen LogP contribution in [0.15, 0.2) is 60.7 Å². The minimum atomic E-state index is -0.494. The maximum atomic E-state index is 6.77. The second kappa shape index (κ2) is 17.7. The lowest BCUT2D eigenvalue weighted by Crippen LogP contribution is -2.55. The number of hydrogen-bond acceptors (Lipinski definition) is 4. The van der Waals surface area contributed by atoms with Gasteiger partial charge < -0.3 is 14.2 Å². The summed E-state index contributed by atoms with van der Waals surface area (Å²) in [5.74, 6) is 0. The Morgan fingerprint density at radius 2 is 1.27 bits per heavy atom. The van der Waals surface area contributed by atoms with E-state index in [1.165, 1.54) is 68.9 Å². The Hall–Kier alpha value is -1.72. The number of rotatable bonds is 20. The molecule has 1 aliphatic rings. The van der Waals surface area contributed by atoms with E-state index in [9.17, 15) is 0 Å². The summed E-state index contributed by atoms with van der Waals surface area (Å²) in [6.45, 7) is 7.47. The molecule has 0 unspecified atom stereocenters. The van der Waals surface area contributed by atoms with Crippen LogP contribution in [0.2, 0.25) is 0 Å². The van der Waals surface area contributed by atoms with Crippen LogP contribution in [0.5, 0.6) is 0 Å². The van der Waals surface area contributed by atoms with Crippen LogP contribution in [0.25, 0.3) is 0 Å². The van der Waals surface area contributed by atoms with Gasteiger partial charge in [0.2, 0.25) is 0 Å². The van der Waals surface area contributed by atoms with Crippen LogP contribution in [0.1, 0.15) is 102 Å². The van der Waals surface area contributed by atoms with Crippen molar-refractivity contribution in [3.8, 4) is 0 Å². The SMILES string of the molecule is CCCCCCCN[C@@]1(OCCCCCCC)C[C@H](OCc2ccccc2)C[C@@H]1OCc1ccccc1. The molecule has 0 spiro atoms. The Morgan fingerprint density at radius 1 is 0.703 bits per heavy atom. The molecule has 4 heteroatoms. The predicted octanol–water partition coefficient (Wildman–Crippen LogP) is 8.19. The van der Waals surface area contributed by atoms with Gasteiger partial charge in [-0.25, -0.2) is 0 Å². The van der Waals surface area contributed by atoms with Crippen molar-refractivity contribution in [1.82, 2.24) is 5.32 Å². The molecule has 0 radical (unpaired) electrons. The summed E-state index contributed by atoms with van der Waals surface area (Å²) in [4.78, 5) is 0. The van der Waals surface area contributed by atoms with Gasteiger partial charge in [-0.15, -0.1) is 0 Å².